The van der Waals surface area contributed by atoms with Crippen molar-refractivity contribution in [2.75, 3.05) is 0 Å². The van der Waals surface area contributed by atoms with Crippen LogP contribution in [0.25, 0.3) is 0 Å². The van der Waals surface area contributed by atoms with Crippen molar-refractivity contribution in [1.82, 2.24) is 0 Å². The first kappa shape index (κ1) is 7.51. The summed E-state index contributed by atoms with van der Waals surface area (Å²) in [7, 11) is 0. The van der Waals surface area contributed by atoms with E-state index in [9.17, 15) is 9.90 Å². The molecule has 0 aliphatic heterocycles. The van der Waals surface area contributed by atoms with E-state index in [0.717, 1.165) is 6.42 Å². The number of rotatable bonds is 0. The zero-order valence-electron chi connectivity index (χ0n) is 7.26. The summed E-state index contributed by atoms with van der Waals surface area (Å²) in [5.41, 5.74) is 0. The summed E-state index contributed by atoms with van der Waals surface area (Å²) >= 11 is 0. The van der Waals surface area contributed by atoms with Crippen molar-refractivity contribution in [3.05, 3.63) is 24.3 Å². The van der Waals surface area contributed by atoms with Crippen LogP contribution >= 0.6 is 0 Å². The Hall–Kier alpha value is -0.890. The second-order valence-corrected chi connectivity index (χ2v) is 4.30. The van der Waals surface area contributed by atoms with E-state index in [0.29, 0.717) is 11.8 Å². The van der Waals surface area contributed by atoms with Gasteiger partial charge in [0.15, 0.2) is 5.78 Å². The van der Waals surface area contributed by atoms with Gasteiger partial charge >= 0.3 is 0 Å². The molecule has 0 aromatic carbocycles. The summed E-state index contributed by atoms with van der Waals surface area (Å²) in [6, 6.07) is 0. The molecule has 1 saturated carbocycles. The summed E-state index contributed by atoms with van der Waals surface area (Å²) in [6.07, 6.45) is 8.19. The smallest absolute Gasteiger partial charge is 0.159 e. The molecule has 1 N–H and O–H groups in total. The van der Waals surface area contributed by atoms with Gasteiger partial charge in [0.05, 0.1) is 6.10 Å². The average Bonchev–Trinajstić information content (AvgIpc) is 2.70. The van der Waals surface area contributed by atoms with Gasteiger partial charge in [-0.15, -0.1) is 0 Å². The molecule has 13 heavy (non-hydrogen) atoms. The highest BCUT2D eigenvalue weighted by molar-refractivity contribution is 5.94. The third kappa shape index (κ3) is 0.841. The van der Waals surface area contributed by atoms with Crippen molar-refractivity contribution in [2.24, 2.45) is 23.7 Å². The molecule has 3 rings (SSSR count). The molecule has 0 heterocycles. The van der Waals surface area contributed by atoms with E-state index in [1.165, 1.54) is 0 Å². The number of fused-ring (bicyclic) bond motifs is 5. The lowest BCUT2D eigenvalue weighted by Crippen LogP contribution is -2.37. The van der Waals surface area contributed by atoms with Crippen LogP contribution in [-0.4, -0.2) is 17.0 Å². The minimum atomic E-state index is -0.400. The Labute approximate surface area is 76.9 Å². The van der Waals surface area contributed by atoms with Crippen LogP contribution in [-0.2, 0) is 4.79 Å². The quantitative estimate of drug-likeness (QED) is 0.557. The topological polar surface area (TPSA) is 37.3 Å². The van der Waals surface area contributed by atoms with Crippen LogP contribution in [0.1, 0.15) is 6.42 Å². The summed E-state index contributed by atoms with van der Waals surface area (Å²) in [5, 5.41) is 9.75. The van der Waals surface area contributed by atoms with Crippen molar-refractivity contribution in [1.29, 1.82) is 0 Å². The van der Waals surface area contributed by atoms with Gasteiger partial charge in [-0.2, -0.15) is 0 Å². The molecule has 3 aliphatic carbocycles. The molecule has 0 saturated heterocycles. The van der Waals surface area contributed by atoms with E-state index in [-0.39, 0.29) is 17.6 Å². The normalized spacial score (nSPS) is 51.5. The zero-order chi connectivity index (χ0) is 9.00. The van der Waals surface area contributed by atoms with Crippen LogP contribution < -0.4 is 0 Å². The minimum Gasteiger partial charge on any atom is -0.389 e. The number of carbonyl (C=O) groups excluding carboxylic acids is 1. The van der Waals surface area contributed by atoms with Gasteiger partial charge in [0.2, 0.25) is 0 Å². The highest BCUT2D eigenvalue weighted by Crippen LogP contribution is 2.51. The van der Waals surface area contributed by atoms with Gasteiger partial charge in [0, 0.05) is 11.8 Å². The Balaban J connectivity index is 2.05. The molecule has 2 nitrogen and oxygen atoms in total. The third-order valence-electron chi connectivity index (χ3n) is 3.70. The second kappa shape index (κ2) is 2.32. The summed E-state index contributed by atoms with van der Waals surface area (Å²) < 4.78 is 0. The first-order valence-corrected chi connectivity index (χ1v) is 4.86. The molecule has 0 radical (unpaired) electrons. The molecule has 3 aliphatic rings. The van der Waals surface area contributed by atoms with Crippen LogP contribution in [0.4, 0.5) is 0 Å². The van der Waals surface area contributed by atoms with Gasteiger partial charge in [0.1, 0.15) is 0 Å². The molecule has 68 valence electrons. The SMILES string of the molecule is O=C1C=C[C@H](O)[C@H]2[C@@H]1[C@H]1C=C[C@@H]2C1. The maximum absolute atomic E-state index is 11.6. The highest BCUT2D eigenvalue weighted by Gasteiger charge is 2.50. The molecule has 5 atom stereocenters. The molecule has 0 aromatic rings. The van der Waals surface area contributed by atoms with Gasteiger partial charge in [-0.3, -0.25) is 4.79 Å². The minimum absolute atomic E-state index is 0.0787. The van der Waals surface area contributed by atoms with Crippen LogP contribution in [0.5, 0.6) is 0 Å². The van der Waals surface area contributed by atoms with Gasteiger partial charge in [0.25, 0.3) is 0 Å². The van der Waals surface area contributed by atoms with Crippen molar-refractivity contribution in [3.8, 4) is 0 Å². The van der Waals surface area contributed by atoms with Crippen LogP contribution in [0.2, 0.25) is 0 Å². The first-order chi connectivity index (χ1) is 6.27. The summed E-state index contributed by atoms with van der Waals surface area (Å²) in [4.78, 5) is 11.6. The molecule has 0 spiro atoms. The standard InChI is InChI=1S/C11H12O2/c12-8-3-4-9(13)11-7-2-1-6(5-7)10(8)11/h1-4,6-8,10-12H,5H2/t6-,7+,8+,10+,11-/m1/s1. The monoisotopic (exact) mass is 176 g/mol. The van der Waals surface area contributed by atoms with E-state index in [1.807, 2.05) is 0 Å². The lowest BCUT2D eigenvalue weighted by atomic mass is 9.74. The van der Waals surface area contributed by atoms with Crippen LogP contribution in [0.3, 0.4) is 0 Å². The Morgan fingerprint density at radius 2 is 2.00 bits per heavy atom. The van der Waals surface area contributed by atoms with E-state index in [2.05, 4.69) is 12.2 Å². The average molecular weight is 176 g/mol. The Morgan fingerprint density at radius 1 is 1.23 bits per heavy atom. The predicted octanol–water partition coefficient (Wildman–Crippen LogP) is 0.924. The number of aliphatic hydroxyl groups excluding tert-OH is 1. The Morgan fingerprint density at radius 3 is 2.77 bits per heavy atom. The fourth-order valence-electron chi connectivity index (χ4n) is 3.16. The maximum Gasteiger partial charge on any atom is 0.159 e. The highest BCUT2D eigenvalue weighted by atomic mass is 16.3. The van der Waals surface area contributed by atoms with Crippen molar-refractivity contribution in [2.45, 2.75) is 12.5 Å². The van der Waals surface area contributed by atoms with Crippen molar-refractivity contribution >= 4 is 5.78 Å². The lowest BCUT2D eigenvalue weighted by molar-refractivity contribution is -0.122. The molecule has 0 amide bonds. The summed E-state index contributed by atoms with van der Waals surface area (Å²) in [5.74, 6) is 1.32. The van der Waals surface area contributed by atoms with Gasteiger partial charge in [-0.25, -0.2) is 0 Å². The number of allylic oxidation sites excluding steroid dienone is 3. The zero-order valence-corrected chi connectivity index (χ0v) is 7.26. The number of hydrogen-bond donors (Lipinski definition) is 1. The van der Waals surface area contributed by atoms with Crippen LogP contribution in [0.15, 0.2) is 24.3 Å². The van der Waals surface area contributed by atoms with Gasteiger partial charge in [-0.05, 0) is 24.3 Å². The fraction of sp³-hybridized carbons (Fsp3) is 0.545. The first-order valence-electron chi connectivity index (χ1n) is 4.86. The number of ketones is 1. The lowest BCUT2D eigenvalue weighted by Gasteiger charge is -2.31. The molecule has 1 fully saturated rings. The second-order valence-electron chi connectivity index (χ2n) is 4.30. The number of hydrogen-bond acceptors (Lipinski definition) is 2. The summed E-state index contributed by atoms with van der Waals surface area (Å²) in [6.45, 7) is 0. The van der Waals surface area contributed by atoms with E-state index in [4.69, 9.17) is 0 Å². The predicted molar refractivity (Wildman–Crippen MR) is 47.9 cm³/mol. The van der Waals surface area contributed by atoms with E-state index >= 15 is 0 Å². The largest absolute Gasteiger partial charge is 0.389 e. The molecule has 0 aromatic heterocycles. The van der Waals surface area contributed by atoms with Crippen molar-refractivity contribution in [3.63, 3.8) is 0 Å². The molecular formula is C11H12O2. The molecule has 2 bridgehead atoms. The number of carbonyl (C=O) groups is 1. The number of aliphatic hydroxyl groups is 1. The molecule has 0 unspecified atom stereocenters. The van der Waals surface area contributed by atoms with Crippen LogP contribution in [0, 0.1) is 23.7 Å². The van der Waals surface area contributed by atoms with Crippen molar-refractivity contribution < 1.29 is 9.90 Å². The Bertz CT molecular complexity index is 316. The molecule has 2 heteroatoms. The Kier molecular flexibility index (Phi) is 1.34. The third-order valence-corrected chi connectivity index (χ3v) is 3.70. The van der Waals surface area contributed by atoms with E-state index < -0.39 is 6.10 Å². The van der Waals surface area contributed by atoms with Gasteiger partial charge < -0.3 is 5.11 Å². The fourth-order valence-corrected chi connectivity index (χ4v) is 3.16. The van der Waals surface area contributed by atoms with E-state index in [1.54, 1.807) is 12.2 Å². The molecular weight excluding hydrogens is 164 g/mol. The van der Waals surface area contributed by atoms with Gasteiger partial charge in [-0.1, -0.05) is 18.2 Å². The maximum atomic E-state index is 11.6.